The van der Waals surface area contributed by atoms with Crippen LogP contribution in [0.1, 0.15) is 27.2 Å². The van der Waals surface area contributed by atoms with Crippen molar-refractivity contribution in [3.05, 3.63) is 35.1 Å². The lowest BCUT2D eigenvalue weighted by atomic mass is 10.1. The summed E-state index contributed by atoms with van der Waals surface area (Å²) in [7, 11) is 0. The monoisotopic (exact) mass is 290 g/mol. The van der Waals surface area contributed by atoms with E-state index < -0.39 is 0 Å². The summed E-state index contributed by atoms with van der Waals surface area (Å²) in [6.07, 6.45) is 1.16. The highest BCUT2D eigenvalue weighted by Crippen LogP contribution is 2.19. The van der Waals surface area contributed by atoms with Crippen LogP contribution in [0.5, 0.6) is 0 Å². The standard InChI is InChI=1S/C15H22N4S/c1-4-12(3)11-18(5-2)14-16-17-15(20)19(14)13-9-7-6-8-10-13/h6-10,12H,4-5,11H2,1-3H3,(H,17,20). The Morgan fingerprint density at radius 3 is 2.60 bits per heavy atom. The molecule has 0 spiro atoms. The van der Waals surface area contributed by atoms with Gasteiger partial charge < -0.3 is 4.90 Å². The second kappa shape index (κ2) is 6.70. The first-order chi connectivity index (χ1) is 9.67. The zero-order valence-corrected chi connectivity index (χ0v) is 13.2. The topological polar surface area (TPSA) is 36.9 Å². The van der Waals surface area contributed by atoms with E-state index in [9.17, 15) is 0 Å². The summed E-state index contributed by atoms with van der Waals surface area (Å²) in [6, 6.07) is 10.1. The lowest BCUT2D eigenvalue weighted by molar-refractivity contribution is 0.540. The van der Waals surface area contributed by atoms with Gasteiger partial charge in [-0.3, -0.25) is 4.57 Å². The number of rotatable bonds is 6. The second-order valence-electron chi connectivity index (χ2n) is 5.05. The van der Waals surface area contributed by atoms with Crippen LogP contribution < -0.4 is 4.90 Å². The Morgan fingerprint density at radius 2 is 2.00 bits per heavy atom. The number of hydrogen-bond donors (Lipinski definition) is 1. The zero-order valence-electron chi connectivity index (χ0n) is 12.3. The molecule has 0 bridgehead atoms. The number of aromatic amines is 1. The minimum Gasteiger partial charge on any atom is -0.341 e. The van der Waals surface area contributed by atoms with Crippen LogP contribution in [0.3, 0.4) is 0 Å². The molecule has 0 aliphatic carbocycles. The van der Waals surface area contributed by atoms with Crippen LogP contribution in [0.15, 0.2) is 30.3 Å². The van der Waals surface area contributed by atoms with Crippen LogP contribution in [-0.2, 0) is 0 Å². The van der Waals surface area contributed by atoms with Crippen molar-refractivity contribution in [3.8, 4) is 5.69 Å². The number of anilines is 1. The highest BCUT2D eigenvalue weighted by atomic mass is 32.1. The van der Waals surface area contributed by atoms with Crippen LogP contribution >= 0.6 is 12.2 Å². The van der Waals surface area contributed by atoms with Gasteiger partial charge in [-0.25, -0.2) is 5.10 Å². The molecule has 0 aliphatic rings. The van der Waals surface area contributed by atoms with Crippen LogP contribution in [-0.4, -0.2) is 27.9 Å². The molecule has 2 aromatic rings. The van der Waals surface area contributed by atoms with E-state index in [1.54, 1.807) is 0 Å². The summed E-state index contributed by atoms with van der Waals surface area (Å²) >= 11 is 5.38. The SMILES string of the molecule is CCC(C)CN(CC)c1n[nH]c(=S)n1-c1ccccc1. The summed E-state index contributed by atoms with van der Waals surface area (Å²) in [4.78, 5) is 2.27. The highest BCUT2D eigenvalue weighted by molar-refractivity contribution is 7.71. The third kappa shape index (κ3) is 3.10. The average Bonchev–Trinajstić information content (AvgIpc) is 2.87. The van der Waals surface area contributed by atoms with Gasteiger partial charge in [-0.2, -0.15) is 0 Å². The maximum Gasteiger partial charge on any atom is 0.230 e. The van der Waals surface area contributed by atoms with Crippen molar-refractivity contribution in [2.45, 2.75) is 27.2 Å². The molecule has 1 atom stereocenters. The van der Waals surface area contributed by atoms with Gasteiger partial charge in [0.2, 0.25) is 10.7 Å². The molecule has 1 aromatic carbocycles. The van der Waals surface area contributed by atoms with Gasteiger partial charge in [0, 0.05) is 13.1 Å². The van der Waals surface area contributed by atoms with E-state index in [-0.39, 0.29) is 0 Å². The van der Waals surface area contributed by atoms with E-state index in [0.717, 1.165) is 31.1 Å². The largest absolute Gasteiger partial charge is 0.341 e. The fourth-order valence-electron chi connectivity index (χ4n) is 2.17. The van der Waals surface area contributed by atoms with E-state index in [2.05, 4.69) is 35.9 Å². The number of H-pyrrole nitrogens is 1. The maximum absolute atomic E-state index is 5.38. The molecule has 0 radical (unpaired) electrons. The van der Waals surface area contributed by atoms with E-state index >= 15 is 0 Å². The van der Waals surface area contributed by atoms with Gasteiger partial charge in [-0.05, 0) is 37.2 Å². The Balaban J connectivity index is 2.40. The Kier molecular flexibility index (Phi) is 4.95. The number of nitrogens with zero attached hydrogens (tertiary/aromatic N) is 3. The molecule has 5 heteroatoms. The minimum absolute atomic E-state index is 0.629. The van der Waals surface area contributed by atoms with E-state index in [1.807, 2.05) is 34.9 Å². The van der Waals surface area contributed by atoms with Crippen LogP contribution in [0, 0.1) is 10.7 Å². The molecular formula is C15H22N4S. The van der Waals surface area contributed by atoms with Crippen molar-refractivity contribution < 1.29 is 0 Å². The molecule has 4 nitrogen and oxygen atoms in total. The first kappa shape index (κ1) is 14.8. The molecular weight excluding hydrogens is 268 g/mol. The van der Waals surface area contributed by atoms with Crippen molar-refractivity contribution in [3.63, 3.8) is 0 Å². The number of para-hydroxylation sites is 1. The van der Waals surface area contributed by atoms with E-state index in [1.165, 1.54) is 0 Å². The van der Waals surface area contributed by atoms with Crippen LogP contribution in [0.2, 0.25) is 0 Å². The Morgan fingerprint density at radius 1 is 1.30 bits per heavy atom. The summed E-state index contributed by atoms with van der Waals surface area (Å²) in [5, 5.41) is 7.34. The summed E-state index contributed by atoms with van der Waals surface area (Å²) in [6.45, 7) is 8.52. The van der Waals surface area contributed by atoms with Crippen molar-refractivity contribution in [2.24, 2.45) is 5.92 Å². The third-order valence-corrected chi connectivity index (χ3v) is 3.84. The summed E-state index contributed by atoms with van der Waals surface area (Å²) < 4.78 is 2.63. The Hall–Kier alpha value is -1.62. The second-order valence-corrected chi connectivity index (χ2v) is 5.44. The molecule has 1 N–H and O–H groups in total. The minimum atomic E-state index is 0.629. The summed E-state index contributed by atoms with van der Waals surface area (Å²) in [5.41, 5.74) is 1.05. The lowest BCUT2D eigenvalue weighted by Crippen LogP contribution is -2.30. The van der Waals surface area contributed by atoms with Crippen LogP contribution in [0.4, 0.5) is 5.95 Å². The van der Waals surface area contributed by atoms with Gasteiger partial charge in [0.15, 0.2) is 0 Å². The third-order valence-electron chi connectivity index (χ3n) is 3.56. The maximum atomic E-state index is 5.38. The van der Waals surface area contributed by atoms with Crippen molar-refractivity contribution in [2.75, 3.05) is 18.0 Å². The molecule has 2 rings (SSSR count). The lowest BCUT2D eigenvalue weighted by Gasteiger charge is -2.25. The predicted octanol–water partition coefficient (Wildman–Crippen LogP) is 3.80. The van der Waals surface area contributed by atoms with Crippen molar-refractivity contribution in [1.29, 1.82) is 0 Å². The molecule has 0 saturated carbocycles. The fourth-order valence-corrected chi connectivity index (χ4v) is 2.40. The van der Waals surface area contributed by atoms with Gasteiger partial charge >= 0.3 is 0 Å². The quantitative estimate of drug-likeness (QED) is 0.822. The summed E-state index contributed by atoms with van der Waals surface area (Å²) in [5.74, 6) is 1.52. The number of benzene rings is 1. The predicted molar refractivity (Wildman–Crippen MR) is 86.1 cm³/mol. The normalized spacial score (nSPS) is 12.3. The molecule has 1 heterocycles. The first-order valence-corrected chi connectivity index (χ1v) is 7.56. The fraction of sp³-hybridized carbons (Fsp3) is 0.467. The number of nitrogens with one attached hydrogen (secondary N) is 1. The van der Waals surface area contributed by atoms with Gasteiger partial charge in [0.05, 0.1) is 5.69 Å². The first-order valence-electron chi connectivity index (χ1n) is 7.15. The molecule has 20 heavy (non-hydrogen) atoms. The van der Waals surface area contributed by atoms with Gasteiger partial charge in [-0.1, -0.05) is 38.5 Å². The molecule has 108 valence electrons. The molecule has 0 aliphatic heterocycles. The smallest absolute Gasteiger partial charge is 0.230 e. The zero-order chi connectivity index (χ0) is 14.5. The molecule has 1 unspecified atom stereocenters. The van der Waals surface area contributed by atoms with Crippen molar-refractivity contribution in [1.82, 2.24) is 14.8 Å². The molecule has 0 amide bonds. The number of hydrogen-bond acceptors (Lipinski definition) is 3. The molecule has 1 aromatic heterocycles. The van der Waals surface area contributed by atoms with E-state index in [0.29, 0.717) is 10.7 Å². The van der Waals surface area contributed by atoms with Crippen LogP contribution in [0.25, 0.3) is 5.69 Å². The highest BCUT2D eigenvalue weighted by Gasteiger charge is 2.16. The molecule has 0 fully saturated rings. The Bertz CT molecular complexity index is 587. The van der Waals surface area contributed by atoms with Gasteiger partial charge in [0.25, 0.3) is 0 Å². The van der Waals surface area contributed by atoms with Gasteiger partial charge in [-0.15, -0.1) is 5.10 Å². The Labute approximate surface area is 125 Å². The van der Waals surface area contributed by atoms with Crippen molar-refractivity contribution >= 4 is 18.2 Å². The molecule has 0 saturated heterocycles. The van der Waals surface area contributed by atoms with Gasteiger partial charge in [0.1, 0.15) is 0 Å². The number of aromatic nitrogens is 3. The average molecular weight is 290 g/mol. The van der Waals surface area contributed by atoms with E-state index in [4.69, 9.17) is 12.2 Å².